The first-order valence-electron chi connectivity index (χ1n) is 8.39. The van der Waals surface area contributed by atoms with Crippen LogP contribution in [0.4, 0.5) is 23.0 Å². The van der Waals surface area contributed by atoms with Gasteiger partial charge >= 0.3 is 18.2 Å². The zero-order valence-electron chi connectivity index (χ0n) is 15.9. The molecule has 1 aliphatic heterocycles. The first kappa shape index (κ1) is 22.2. The van der Waals surface area contributed by atoms with Crippen molar-refractivity contribution in [3.8, 4) is 0 Å². The molecule has 1 unspecified atom stereocenters. The average molecular weight is 425 g/mol. The van der Waals surface area contributed by atoms with Gasteiger partial charge in [-0.05, 0) is 20.8 Å². The first-order chi connectivity index (χ1) is 12.9. The van der Waals surface area contributed by atoms with Crippen LogP contribution in [0.5, 0.6) is 0 Å². The number of aromatic nitrogens is 1. The van der Waals surface area contributed by atoms with Crippen LogP contribution in [-0.4, -0.2) is 72.0 Å². The van der Waals surface area contributed by atoms with Gasteiger partial charge < -0.3 is 19.5 Å². The highest BCUT2D eigenvalue weighted by atomic mass is 32.1. The number of esters is 1. The van der Waals surface area contributed by atoms with E-state index in [1.165, 1.54) is 9.80 Å². The van der Waals surface area contributed by atoms with Crippen LogP contribution in [0, 0.1) is 0 Å². The molecular weight excluding hydrogens is 403 g/mol. The van der Waals surface area contributed by atoms with Gasteiger partial charge in [0.25, 0.3) is 0 Å². The Morgan fingerprint density at radius 3 is 2.43 bits per heavy atom. The van der Waals surface area contributed by atoms with Gasteiger partial charge in [0.05, 0.1) is 19.8 Å². The lowest BCUT2D eigenvalue weighted by Gasteiger charge is -2.41. The molecule has 0 aromatic carbocycles. The highest BCUT2D eigenvalue weighted by Crippen LogP contribution is 2.39. The van der Waals surface area contributed by atoms with Crippen molar-refractivity contribution >= 4 is 28.4 Å². The molecule has 0 saturated carbocycles. The zero-order valence-corrected chi connectivity index (χ0v) is 16.7. The monoisotopic (exact) mass is 425 g/mol. The highest BCUT2D eigenvalue weighted by Gasteiger charge is 2.40. The van der Waals surface area contributed by atoms with E-state index in [0.717, 1.165) is 7.11 Å². The summed E-state index contributed by atoms with van der Waals surface area (Å²) in [5.41, 5.74) is -1.17. The number of carbonyl (C=O) groups is 2. The zero-order chi connectivity index (χ0) is 21.3. The Morgan fingerprint density at radius 1 is 1.29 bits per heavy atom. The number of amides is 1. The number of halogens is 3. The molecule has 1 N–H and O–H groups in total. The van der Waals surface area contributed by atoms with Crippen molar-refractivity contribution in [1.82, 2.24) is 9.88 Å². The van der Waals surface area contributed by atoms with Crippen LogP contribution in [0.3, 0.4) is 0 Å². The molecule has 1 fully saturated rings. The molecule has 1 saturated heterocycles. The van der Waals surface area contributed by atoms with E-state index in [4.69, 9.17) is 4.74 Å². The van der Waals surface area contributed by atoms with Gasteiger partial charge in [-0.15, -0.1) is 0 Å². The molecule has 158 valence electrons. The Morgan fingerprint density at radius 2 is 1.93 bits per heavy atom. The molecule has 0 aliphatic carbocycles. The van der Waals surface area contributed by atoms with Crippen molar-refractivity contribution in [1.29, 1.82) is 0 Å². The van der Waals surface area contributed by atoms with Gasteiger partial charge in [-0.25, -0.2) is 14.6 Å². The first-order valence-corrected chi connectivity index (χ1v) is 9.20. The van der Waals surface area contributed by atoms with Crippen LogP contribution in [0.15, 0.2) is 0 Å². The molecule has 2 rings (SSSR count). The molecule has 8 nitrogen and oxygen atoms in total. The summed E-state index contributed by atoms with van der Waals surface area (Å²) in [7, 11) is 1.05. The summed E-state index contributed by atoms with van der Waals surface area (Å²) in [5.74, 6) is -0.989. The fourth-order valence-corrected chi connectivity index (χ4v) is 3.59. The third-order valence-corrected chi connectivity index (χ3v) is 5.00. The number of hydrogen-bond acceptors (Lipinski definition) is 8. The maximum Gasteiger partial charge on any atom is 0.443 e. The summed E-state index contributed by atoms with van der Waals surface area (Å²) >= 11 is 0.321. The maximum absolute atomic E-state index is 13.1. The molecule has 1 aromatic heterocycles. The number of thiazole rings is 1. The molecule has 0 radical (unpaired) electrons. The Bertz CT molecular complexity index is 732. The number of aliphatic hydroxyl groups is 1. The van der Waals surface area contributed by atoms with Crippen molar-refractivity contribution < 1.29 is 37.3 Å². The van der Waals surface area contributed by atoms with Gasteiger partial charge in [-0.1, -0.05) is 11.3 Å². The van der Waals surface area contributed by atoms with Gasteiger partial charge in [0, 0.05) is 19.6 Å². The summed E-state index contributed by atoms with van der Waals surface area (Å²) in [5, 5.41) is 8.49. The largest absolute Gasteiger partial charge is 0.464 e. The van der Waals surface area contributed by atoms with Gasteiger partial charge in [-0.2, -0.15) is 13.2 Å². The minimum Gasteiger partial charge on any atom is -0.464 e. The lowest BCUT2D eigenvalue weighted by Crippen LogP contribution is -2.57. The van der Waals surface area contributed by atoms with Crippen molar-refractivity contribution in [2.24, 2.45) is 0 Å². The Labute approximate surface area is 163 Å². The predicted molar refractivity (Wildman–Crippen MR) is 94.5 cm³/mol. The van der Waals surface area contributed by atoms with E-state index in [9.17, 15) is 27.9 Å². The van der Waals surface area contributed by atoms with Crippen LogP contribution in [-0.2, 0) is 15.7 Å². The van der Waals surface area contributed by atoms with E-state index < -0.39 is 47.2 Å². The smallest absolute Gasteiger partial charge is 0.443 e. The number of anilines is 1. The fourth-order valence-electron chi connectivity index (χ4n) is 2.63. The summed E-state index contributed by atoms with van der Waals surface area (Å²) < 4.78 is 49.0. The maximum atomic E-state index is 13.1. The quantitative estimate of drug-likeness (QED) is 0.744. The summed E-state index contributed by atoms with van der Waals surface area (Å²) in [6, 6.07) is -0.717. The number of alkyl halides is 3. The molecule has 1 aliphatic rings. The van der Waals surface area contributed by atoms with Crippen LogP contribution in [0.1, 0.15) is 36.3 Å². The van der Waals surface area contributed by atoms with Gasteiger partial charge in [0.2, 0.25) is 5.01 Å². The number of ether oxygens (including phenoxy) is 2. The third-order valence-electron chi connectivity index (χ3n) is 3.84. The standard InChI is InChI=1S/C16H22F3N3O5S/c1-15(2,3)27-14(25)22-6-5-21(7-9(22)8-23)11-10(12(24)26-4)20-13(28-11)16(17,18)19/h9,23H,5-8H2,1-4H3. The summed E-state index contributed by atoms with van der Waals surface area (Å²) in [6.07, 6.45) is -5.33. The number of rotatable bonds is 3. The van der Waals surface area contributed by atoms with E-state index in [1.54, 1.807) is 20.8 Å². The molecule has 1 amide bonds. The number of nitrogens with zero attached hydrogens (tertiary/aromatic N) is 3. The number of aliphatic hydroxyl groups excluding tert-OH is 1. The molecular formula is C16H22F3N3O5S. The van der Waals surface area contributed by atoms with Gasteiger partial charge in [-0.3, -0.25) is 4.90 Å². The molecule has 0 spiro atoms. The van der Waals surface area contributed by atoms with Crippen molar-refractivity contribution in [2.75, 3.05) is 38.3 Å². The molecule has 1 aromatic rings. The van der Waals surface area contributed by atoms with Gasteiger partial charge in [0.1, 0.15) is 10.6 Å². The fraction of sp³-hybridized carbons (Fsp3) is 0.688. The van der Waals surface area contributed by atoms with Crippen LogP contribution in [0.25, 0.3) is 0 Å². The van der Waals surface area contributed by atoms with Crippen molar-refractivity contribution in [3.63, 3.8) is 0 Å². The highest BCUT2D eigenvalue weighted by molar-refractivity contribution is 7.16. The lowest BCUT2D eigenvalue weighted by molar-refractivity contribution is -0.137. The normalized spacial score (nSPS) is 18.2. The van der Waals surface area contributed by atoms with E-state index in [1.807, 2.05) is 0 Å². The topological polar surface area (TPSA) is 92.2 Å². The van der Waals surface area contributed by atoms with E-state index >= 15 is 0 Å². The molecule has 0 bridgehead atoms. The Kier molecular flexibility index (Phi) is 6.44. The number of methoxy groups -OCH3 is 1. The molecule has 12 heteroatoms. The molecule has 2 heterocycles. The predicted octanol–water partition coefficient (Wildman–Crippen LogP) is 2.37. The van der Waals surface area contributed by atoms with Crippen molar-refractivity contribution in [3.05, 3.63) is 10.7 Å². The van der Waals surface area contributed by atoms with Gasteiger partial charge in [0.15, 0.2) is 5.69 Å². The number of carbonyl (C=O) groups excluding carboxylic acids is 2. The van der Waals surface area contributed by atoms with Crippen molar-refractivity contribution in [2.45, 2.75) is 38.6 Å². The third kappa shape index (κ3) is 5.04. The second-order valence-electron chi connectivity index (χ2n) is 7.12. The van der Waals surface area contributed by atoms with Crippen LogP contribution in [0.2, 0.25) is 0 Å². The number of hydrogen-bond donors (Lipinski definition) is 1. The van der Waals surface area contributed by atoms with E-state index in [2.05, 4.69) is 9.72 Å². The van der Waals surface area contributed by atoms with Crippen LogP contribution >= 0.6 is 11.3 Å². The molecule has 1 atom stereocenters. The summed E-state index contributed by atoms with van der Waals surface area (Å²) in [4.78, 5) is 30.4. The van der Waals surface area contributed by atoms with E-state index in [0.29, 0.717) is 11.3 Å². The second-order valence-corrected chi connectivity index (χ2v) is 8.10. The molecule has 28 heavy (non-hydrogen) atoms. The van der Waals surface area contributed by atoms with Crippen LogP contribution < -0.4 is 4.90 Å². The Balaban J connectivity index is 2.27. The SMILES string of the molecule is COC(=O)c1nc(C(F)(F)F)sc1N1CCN(C(=O)OC(C)(C)C)C(CO)C1. The second kappa shape index (κ2) is 8.11. The summed E-state index contributed by atoms with van der Waals surface area (Å²) in [6.45, 7) is 4.93. The Hall–Kier alpha value is -2.08. The van der Waals surface area contributed by atoms with E-state index in [-0.39, 0.29) is 24.6 Å². The average Bonchev–Trinajstić information content (AvgIpc) is 3.04. The minimum absolute atomic E-state index is 0.0125. The minimum atomic E-state index is -4.71. The number of piperazine rings is 1. The lowest BCUT2D eigenvalue weighted by atomic mass is 10.1.